The quantitative estimate of drug-likeness (QED) is 0.535. The van der Waals surface area contributed by atoms with Crippen LogP contribution in [0, 0.1) is 5.92 Å². The van der Waals surface area contributed by atoms with Crippen LogP contribution >= 0.6 is 15.9 Å². The van der Waals surface area contributed by atoms with E-state index in [1.54, 1.807) is 0 Å². The standard InChI is InChI=1S/C19H31BrN4O/c1-4-21-19(23-16(3)17-7-5-6-8-18(17)20)22-13-15(2)14-24-9-11-25-12-10-24/h5-8,15-16H,4,9-14H2,1-3H3,(H2,21,22,23). The number of benzene rings is 1. The summed E-state index contributed by atoms with van der Waals surface area (Å²) < 4.78 is 6.53. The first-order valence-electron chi connectivity index (χ1n) is 9.19. The van der Waals surface area contributed by atoms with E-state index in [0.717, 1.165) is 56.4 Å². The highest BCUT2D eigenvalue weighted by Crippen LogP contribution is 2.22. The van der Waals surface area contributed by atoms with Crippen molar-refractivity contribution in [2.45, 2.75) is 26.8 Å². The molecule has 2 unspecified atom stereocenters. The zero-order valence-corrected chi connectivity index (χ0v) is 17.2. The van der Waals surface area contributed by atoms with Crippen molar-refractivity contribution >= 4 is 21.9 Å². The second-order valence-electron chi connectivity index (χ2n) is 6.63. The molecular formula is C19H31BrN4O. The van der Waals surface area contributed by atoms with Crippen LogP contribution in [0.2, 0.25) is 0 Å². The highest BCUT2D eigenvalue weighted by Gasteiger charge is 2.14. The molecule has 0 bridgehead atoms. The van der Waals surface area contributed by atoms with Crippen molar-refractivity contribution in [3.05, 3.63) is 34.3 Å². The van der Waals surface area contributed by atoms with E-state index in [2.05, 4.69) is 70.4 Å². The Kier molecular flexibility index (Phi) is 8.72. The molecule has 6 heteroatoms. The van der Waals surface area contributed by atoms with Crippen molar-refractivity contribution in [3.8, 4) is 0 Å². The summed E-state index contributed by atoms with van der Waals surface area (Å²) in [7, 11) is 0. The summed E-state index contributed by atoms with van der Waals surface area (Å²) in [6.45, 7) is 13.0. The number of rotatable bonds is 7. The van der Waals surface area contributed by atoms with Gasteiger partial charge in [0.05, 0.1) is 19.3 Å². The minimum absolute atomic E-state index is 0.183. The lowest BCUT2D eigenvalue weighted by Gasteiger charge is -2.28. The van der Waals surface area contributed by atoms with Crippen LogP contribution in [0.15, 0.2) is 33.7 Å². The van der Waals surface area contributed by atoms with Gasteiger partial charge in [0.15, 0.2) is 5.96 Å². The summed E-state index contributed by atoms with van der Waals surface area (Å²) in [6.07, 6.45) is 0. The lowest BCUT2D eigenvalue weighted by atomic mass is 10.1. The molecule has 25 heavy (non-hydrogen) atoms. The first-order valence-corrected chi connectivity index (χ1v) is 9.98. The Hall–Kier alpha value is -1.11. The maximum absolute atomic E-state index is 5.41. The average Bonchev–Trinajstić information content (AvgIpc) is 2.61. The van der Waals surface area contributed by atoms with Gasteiger partial charge in [-0.15, -0.1) is 0 Å². The summed E-state index contributed by atoms with van der Waals surface area (Å²) in [4.78, 5) is 7.26. The zero-order valence-electron chi connectivity index (χ0n) is 15.6. The largest absolute Gasteiger partial charge is 0.379 e. The Labute approximate surface area is 160 Å². The number of hydrogen-bond acceptors (Lipinski definition) is 3. The summed E-state index contributed by atoms with van der Waals surface area (Å²) in [5.41, 5.74) is 1.23. The molecule has 0 radical (unpaired) electrons. The minimum Gasteiger partial charge on any atom is -0.379 e. The van der Waals surface area contributed by atoms with Crippen LogP contribution < -0.4 is 10.6 Å². The molecule has 2 atom stereocenters. The molecular weight excluding hydrogens is 380 g/mol. The molecule has 0 amide bonds. The van der Waals surface area contributed by atoms with Crippen molar-refractivity contribution in [1.29, 1.82) is 0 Å². The van der Waals surface area contributed by atoms with Gasteiger partial charge in [-0.05, 0) is 31.4 Å². The molecule has 1 aliphatic rings. The fourth-order valence-electron chi connectivity index (χ4n) is 2.96. The van der Waals surface area contributed by atoms with Crippen molar-refractivity contribution in [1.82, 2.24) is 15.5 Å². The smallest absolute Gasteiger partial charge is 0.191 e. The Morgan fingerprint density at radius 3 is 2.68 bits per heavy atom. The fraction of sp³-hybridized carbons (Fsp3) is 0.632. The molecule has 2 rings (SSSR count). The van der Waals surface area contributed by atoms with Crippen molar-refractivity contribution in [2.75, 3.05) is 45.9 Å². The van der Waals surface area contributed by atoms with Crippen LogP contribution in [0.25, 0.3) is 0 Å². The molecule has 0 aromatic heterocycles. The highest BCUT2D eigenvalue weighted by atomic mass is 79.9. The molecule has 0 saturated carbocycles. The molecule has 1 heterocycles. The number of hydrogen-bond donors (Lipinski definition) is 2. The van der Waals surface area contributed by atoms with Gasteiger partial charge < -0.3 is 15.4 Å². The van der Waals surface area contributed by atoms with Gasteiger partial charge in [0.25, 0.3) is 0 Å². The number of nitrogens with zero attached hydrogens (tertiary/aromatic N) is 2. The molecule has 0 spiro atoms. The summed E-state index contributed by atoms with van der Waals surface area (Å²) in [5.74, 6) is 1.40. The van der Waals surface area contributed by atoms with Crippen molar-refractivity contribution < 1.29 is 4.74 Å². The number of morpholine rings is 1. The van der Waals surface area contributed by atoms with E-state index in [9.17, 15) is 0 Å². The predicted octanol–water partition coefficient (Wildman–Crippen LogP) is 3.03. The predicted molar refractivity (Wildman–Crippen MR) is 108 cm³/mol. The number of aliphatic imine (C=N–C) groups is 1. The molecule has 140 valence electrons. The average molecular weight is 411 g/mol. The van der Waals surface area contributed by atoms with Gasteiger partial charge in [-0.2, -0.15) is 0 Å². The molecule has 1 saturated heterocycles. The number of guanidine groups is 1. The van der Waals surface area contributed by atoms with Crippen molar-refractivity contribution in [3.63, 3.8) is 0 Å². The maximum atomic E-state index is 5.41. The lowest BCUT2D eigenvalue weighted by molar-refractivity contribution is 0.0323. The Morgan fingerprint density at radius 1 is 1.28 bits per heavy atom. The Morgan fingerprint density at radius 2 is 2.00 bits per heavy atom. The van der Waals surface area contributed by atoms with E-state index in [4.69, 9.17) is 9.73 Å². The number of nitrogens with one attached hydrogen (secondary N) is 2. The molecule has 1 fully saturated rings. The van der Waals surface area contributed by atoms with E-state index >= 15 is 0 Å². The van der Waals surface area contributed by atoms with Crippen LogP contribution in [0.5, 0.6) is 0 Å². The van der Waals surface area contributed by atoms with Gasteiger partial charge in [-0.25, -0.2) is 0 Å². The van der Waals surface area contributed by atoms with E-state index in [1.165, 1.54) is 5.56 Å². The fourth-order valence-corrected chi connectivity index (χ4v) is 3.59. The maximum Gasteiger partial charge on any atom is 0.191 e. The topological polar surface area (TPSA) is 48.9 Å². The van der Waals surface area contributed by atoms with Crippen LogP contribution in [0.3, 0.4) is 0 Å². The Bertz CT molecular complexity index is 546. The molecule has 1 aromatic rings. The molecule has 1 aliphatic heterocycles. The molecule has 1 aromatic carbocycles. The third-order valence-corrected chi connectivity index (χ3v) is 5.03. The molecule has 2 N–H and O–H groups in total. The van der Waals surface area contributed by atoms with Crippen LogP contribution in [-0.2, 0) is 4.74 Å². The monoisotopic (exact) mass is 410 g/mol. The van der Waals surface area contributed by atoms with Crippen molar-refractivity contribution in [2.24, 2.45) is 10.9 Å². The third-order valence-electron chi connectivity index (χ3n) is 4.30. The van der Waals surface area contributed by atoms with Gasteiger partial charge in [-0.3, -0.25) is 9.89 Å². The normalized spacial score (nSPS) is 18.6. The minimum atomic E-state index is 0.183. The SMILES string of the molecule is CCNC(=NCC(C)CN1CCOCC1)NC(C)c1ccccc1Br. The van der Waals surface area contributed by atoms with Gasteiger partial charge in [0.2, 0.25) is 0 Å². The second kappa shape index (κ2) is 10.8. The van der Waals surface area contributed by atoms with Crippen LogP contribution in [0.4, 0.5) is 0 Å². The van der Waals surface area contributed by atoms with Gasteiger partial charge in [0.1, 0.15) is 0 Å². The first-order chi connectivity index (χ1) is 12.1. The summed E-state index contributed by atoms with van der Waals surface area (Å²) in [5, 5.41) is 6.86. The van der Waals surface area contributed by atoms with E-state index in [-0.39, 0.29) is 6.04 Å². The van der Waals surface area contributed by atoms with Gasteiger partial charge in [-0.1, -0.05) is 41.1 Å². The third kappa shape index (κ3) is 6.96. The second-order valence-corrected chi connectivity index (χ2v) is 7.48. The van der Waals surface area contributed by atoms with E-state index in [1.807, 2.05) is 6.07 Å². The number of ether oxygens (including phenoxy) is 1. The molecule has 0 aliphatic carbocycles. The van der Waals surface area contributed by atoms with Gasteiger partial charge >= 0.3 is 0 Å². The molecule has 5 nitrogen and oxygen atoms in total. The van der Waals surface area contributed by atoms with E-state index < -0.39 is 0 Å². The number of halogens is 1. The summed E-state index contributed by atoms with van der Waals surface area (Å²) >= 11 is 3.63. The zero-order chi connectivity index (χ0) is 18.1. The van der Waals surface area contributed by atoms with Gasteiger partial charge in [0, 0.05) is 37.2 Å². The summed E-state index contributed by atoms with van der Waals surface area (Å²) in [6, 6.07) is 8.48. The van der Waals surface area contributed by atoms with Crippen LogP contribution in [-0.4, -0.2) is 56.8 Å². The highest BCUT2D eigenvalue weighted by molar-refractivity contribution is 9.10. The van der Waals surface area contributed by atoms with Crippen LogP contribution in [0.1, 0.15) is 32.4 Å². The lowest BCUT2D eigenvalue weighted by Crippen LogP contribution is -2.41. The first kappa shape index (κ1) is 20.2. The van der Waals surface area contributed by atoms with E-state index in [0.29, 0.717) is 5.92 Å². The Balaban J connectivity index is 1.89.